The molecule has 6 nitrogen and oxygen atoms in total. The van der Waals surface area contributed by atoms with Crippen molar-refractivity contribution >= 4 is 29.4 Å². The number of hydrogen-bond donors (Lipinski definition) is 1. The summed E-state index contributed by atoms with van der Waals surface area (Å²) >= 11 is 5.59. The van der Waals surface area contributed by atoms with E-state index < -0.39 is 12.0 Å². The topological polar surface area (TPSA) is 75.7 Å². The number of nitrogens with zero attached hydrogens (tertiary/aromatic N) is 1. The quantitative estimate of drug-likeness (QED) is 0.394. The molecule has 1 aliphatic rings. The van der Waals surface area contributed by atoms with Crippen molar-refractivity contribution in [2.75, 3.05) is 25.6 Å². The third kappa shape index (κ3) is 6.22. The van der Waals surface area contributed by atoms with Crippen LogP contribution in [0.25, 0.3) is 0 Å². The predicted molar refractivity (Wildman–Crippen MR) is 83.6 cm³/mol. The summed E-state index contributed by atoms with van der Waals surface area (Å²) in [6, 6.07) is -0.768. The molecule has 0 radical (unpaired) electrons. The molecule has 1 saturated heterocycles. The lowest BCUT2D eigenvalue weighted by Gasteiger charge is -2.34. The molecular weight excluding hydrogens is 308 g/mol. The Labute approximate surface area is 136 Å². The molecule has 1 rings (SSSR count). The zero-order valence-corrected chi connectivity index (χ0v) is 13.9. The Morgan fingerprint density at radius 3 is 2.82 bits per heavy atom. The fourth-order valence-electron chi connectivity index (χ4n) is 2.33. The highest BCUT2D eigenvalue weighted by molar-refractivity contribution is 6.17. The molecule has 0 aromatic heterocycles. The van der Waals surface area contributed by atoms with Gasteiger partial charge in [0.2, 0.25) is 11.8 Å². The molecule has 1 fully saturated rings. The van der Waals surface area contributed by atoms with Crippen LogP contribution in [0.4, 0.5) is 0 Å². The van der Waals surface area contributed by atoms with Crippen molar-refractivity contribution in [1.82, 2.24) is 10.2 Å². The first-order valence-corrected chi connectivity index (χ1v) is 8.42. The summed E-state index contributed by atoms with van der Waals surface area (Å²) in [6.07, 6.45) is 3.62. The third-order valence-electron chi connectivity index (χ3n) is 3.55. The van der Waals surface area contributed by atoms with Gasteiger partial charge in [-0.1, -0.05) is 19.8 Å². The second kappa shape index (κ2) is 10.4. The molecule has 1 atom stereocenters. The van der Waals surface area contributed by atoms with Crippen LogP contribution in [-0.2, 0) is 19.1 Å². The van der Waals surface area contributed by atoms with Gasteiger partial charge in [-0.15, -0.1) is 11.6 Å². The van der Waals surface area contributed by atoms with Gasteiger partial charge < -0.3 is 15.0 Å². The van der Waals surface area contributed by atoms with Crippen molar-refractivity contribution < 1.29 is 19.1 Å². The van der Waals surface area contributed by atoms with Gasteiger partial charge in [-0.2, -0.15) is 0 Å². The summed E-state index contributed by atoms with van der Waals surface area (Å²) in [7, 11) is 0. The van der Waals surface area contributed by atoms with Crippen LogP contribution in [0.3, 0.4) is 0 Å². The van der Waals surface area contributed by atoms with Crippen LogP contribution in [0.2, 0.25) is 0 Å². The summed E-state index contributed by atoms with van der Waals surface area (Å²) in [4.78, 5) is 37.4. The molecular formula is C15H25ClN2O4. The largest absolute Gasteiger partial charge is 0.466 e. The molecule has 2 amide bonds. The molecule has 1 N–H and O–H groups in total. The highest BCUT2D eigenvalue weighted by Crippen LogP contribution is 2.13. The minimum Gasteiger partial charge on any atom is -0.466 e. The summed E-state index contributed by atoms with van der Waals surface area (Å²) < 4.78 is 5.13. The van der Waals surface area contributed by atoms with Crippen LogP contribution in [0.1, 0.15) is 45.4 Å². The standard InChI is InChI=1S/C15H25ClN2O4/c1-2-3-4-10-22-14(20)11-12-15(21)17-8-9-18(12)13(19)6-5-7-16/h12H,2-11H2,1H3,(H,17,21). The SMILES string of the molecule is CCCCCOC(=O)CC1C(=O)NCCN1C(=O)CCCCl. The molecule has 1 aliphatic heterocycles. The Balaban J connectivity index is 2.52. The smallest absolute Gasteiger partial charge is 0.308 e. The van der Waals surface area contributed by atoms with Crippen LogP contribution in [0, 0.1) is 0 Å². The van der Waals surface area contributed by atoms with E-state index in [2.05, 4.69) is 12.2 Å². The highest BCUT2D eigenvalue weighted by atomic mass is 35.5. The summed E-state index contributed by atoms with van der Waals surface area (Å²) in [5.41, 5.74) is 0. The van der Waals surface area contributed by atoms with E-state index in [0.29, 0.717) is 38.4 Å². The summed E-state index contributed by atoms with van der Waals surface area (Å²) in [6.45, 7) is 3.26. The fraction of sp³-hybridized carbons (Fsp3) is 0.800. The van der Waals surface area contributed by atoms with Gasteiger partial charge in [-0.05, 0) is 12.8 Å². The Bertz CT molecular complexity index is 390. The van der Waals surface area contributed by atoms with Gasteiger partial charge in [0.05, 0.1) is 13.0 Å². The van der Waals surface area contributed by atoms with E-state index in [1.807, 2.05) is 0 Å². The van der Waals surface area contributed by atoms with E-state index in [-0.39, 0.29) is 18.2 Å². The van der Waals surface area contributed by atoms with Gasteiger partial charge in [-0.3, -0.25) is 14.4 Å². The van der Waals surface area contributed by atoms with Crippen LogP contribution < -0.4 is 5.32 Å². The Morgan fingerprint density at radius 2 is 2.14 bits per heavy atom. The molecule has 0 saturated carbocycles. The summed E-state index contributed by atoms with van der Waals surface area (Å²) in [5, 5.41) is 2.69. The Morgan fingerprint density at radius 1 is 1.36 bits per heavy atom. The molecule has 22 heavy (non-hydrogen) atoms. The number of alkyl halides is 1. The van der Waals surface area contributed by atoms with Crippen molar-refractivity contribution in [3.8, 4) is 0 Å². The molecule has 126 valence electrons. The van der Waals surface area contributed by atoms with Gasteiger partial charge in [0.15, 0.2) is 0 Å². The monoisotopic (exact) mass is 332 g/mol. The number of hydrogen-bond acceptors (Lipinski definition) is 4. The van der Waals surface area contributed by atoms with Crippen LogP contribution in [0.5, 0.6) is 0 Å². The van der Waals surface area contributed by atoms with E-state index in [9.17, 15) is 14.4 Å². The van der Waals surface area contributed by atoms with Crippen LogP contribution in [-0.4, -0.2) is 54.3 Å². The van der Waals surface area contributed by atoms with Crippen molar-refractivity contribution in [2.24, 2.45) is 0 Å². The van der Waals surface area contributed by atoms with Gasteiger partial charge >= 0.3 is 5.97 Å². The predicted octanol–water partition coefficient (Wildman–Crippen LogP) is 1.46. The lowest BCUT2D eigenvalue weighted by atomic mass is 10.1. The molecule has 0 bridgehead atoms. The minimum absolute atomic E-state index is 0.0927. The molecule has 0 aromatic rings. The maximum absolute atomic E-state index is 12.1. The van der Waals surface area contributed by atoms with E-state index >= 15 is 0 Å². The first kappa shape index (κ1) is 18.7. The number of halogens is 1. The molecule has 1 heterocycles. The van der Waals surface area contributed by atoms with Gasteiger partial charge in [0.1, 0.15) is 6.04 Å². The second-order valence-electron chi connectivity index (χ2n) is 5.32. The second-order valence-corrected chi connectivity index (χ2v) is 5.70. The minimum atomic E-state index is -0.768. The zero-order valence-electron chi connectivity index (χ0n) is 13.1. The molecule has 0 spiro atoms. The van der Waals surface area contributed by atoms with Crippen LogP contribution in [0.15, 0.2) is 0 Å². The van der Waals surface area contributed by atoms with Gasteiger partial charge in [-0.25, -0.2) is 0 Å². The van der Waals surface area contributed by atoms with E-state index in [1.54, 1.807) is 0 Å². The number of unbranched alkanes of at least 4 members (excludes halogenated alkanes) is 2. The average molecular weight is 333 g/mol. The number of carbonyl (C=O) groups is 3. The number of nitrogens with one attached hydrogen (secondary N) is 1. The lowest BCUT2D eigenvalue weighted by Crippen LogP contribution is -2.57. The van der Waals surface area contributed by atoms with E-state index in [1.165, 1.54) is 4.90 Å². The third-order valence-corrected chi connectivity index (χ3v) is 3.81. The van der Waals surface area contributed by atoms with Crippen molar-refractivity contribution in [1.29, 1.82) is 0 Å². The zero-order chi connectivity index (χ0) is 16.4. The molecule has 0 aliphatic carbocycles. The number of ether oxygens (including phenoxy) is 1. The number of carbonyl (C=O) groups excluding carboxylic acids is 3. The van der Waals surface area contributed by atoms with Gasteiger partial charge in [0, 0.05) is 25.4 Å². The van der Waals surface area contributed by atoms with Crippen molar-refractivity contribution in [2.45, 2.75) is 51.5 Å². The molecule has 0 aromatic carbocycles. The van der Waals surface area contributed by atoms with Gasteiger partial charge in [0.25, 0.3) is 0 Å². The van der Waals surface area contributed by atoms with Crippen molar-refractivity contribution in [3.63, 3.8) is 0 Å². The Hall–Kier alpha value is -1.30. The number of piperazine rings is 1. The first-order chi connectivity index (χ1) is 10.6. The highest BCUT2D eigenvalue weighted by Gasteiger charge is 2.34. The van der Waals surface area contributed by atoms with Crippen molar-refractivity contribution in [3.05, 3.63) is 0 Å². The molecule has 7 heteroatoms. The first-order valence-electron chi connectivity index (χ1n) is 7.89. The average Bonchev–Trinajstić information content (AvgIpc) is 2.51. The van der Waals surface area contributed by atoms with E-state index in [0.717, 1.165) is 19.3 Å². The molecule has 1 unspecified atom stereocenters. The lowest BCUT2D eigenvalue weighted by molar-refractivity contribution is -0.152. The number of esters is 1. The maximum Gasteiger partial charge on any atom is 0.308 e. The summed E-state index contributed by atoms with van der Waals surface area (Å²) in [5.74, 6) is -0.473. The normalized spacial score (nSPS) is 18.0. The number of amides is 2. The van der Waals surface area contributed by atoms with Crippen LogP contribution >= 0.6 is 11.6 Å². The maximum atomic E-state index is 12.1. The number of rotatable bonds is 9. The van der Waals surface area contributed by atoms with E-state index in [4.69, 9.17) is 16.3 Å². The Kier molecular flexibility index (Phi) is 8.89. The fourth-order valence-corrected chi connectivity index (χ4v) is 2.47.